The Morgan fingerprint density at radius 1 is 1.21 bits per heavy atom. The summed E-state index contributed by atoms with van der Waals surface area (Å²) >= 11 is 0. The van der Waals surface area contributed by atoms with Gasteiger partial charge in [0.25, 0.3) is 0 Å². The molecular weight excluding hydrogens is 479 g/mol. The SMILES string of the molecule is CN=C(NCCNc1cnccn1)NC1CC2(CCCC2)Oc2ccccc21.I. The highest BCUT2D eigenvalue weighted by atomic mass is 127. The van der Waals surface area contributed by atoms with Crippen molar-refractivity contribution >= 4 is 35.8 Å². The molecule has 1 aromatic heterocycles. The summed E-state index contributed by atoms with van der Waals surface area (Å²) in [5, 5.41) is 10.2. The molecule has 1 saturated carbocycles. The van der Waals surface area contributed by atoms with Gasteiger partial charge in [-0.05, 0) is 31.7 Å². The molecule has 4 rings (SSSR count). The number of anilines is 1. The molecule has 7 nitrogen and oxygen atoms in total. The van der Waals surface area contributed by atoms with Crippen LogP contribution in [-0.2, 0) is 0 Å². The van der Waals surface area contributed by atoms with Crippen molar-refractivity contribution in [3.63, 3.8) is 0 Å². The van der Waals surface area contributed by atoms with E-state index in [1.165, 1.54) is 18.4 Å². The molecule has 1 spiro atoms. The lowest BCUT2D eigenvalue weighted by atomic mass is 9.86. The molecule has 1 unspecified atom stereocenters. The second-order valence-corrected chi connectivity index (χ2v) is 7.45. The Balaban J connectivity index is 0.00000240. The highest BCUT2D eigenvalue weighted by molar-refractivity contribution is 14.0. The van der Waals surface area contributed by atoms with Crippen LogP contribution in [0.1, 0.15) is 43.7 Å². The van der Waals surface area contributed by atoms with Gasteiger partial charge in [-0.2, -0.15) is 0 Å². The number of para-hydroxylation sites is 1. The van der Waals surface area contributed by atoms with Crippen molar-refractivity contribution in [1.29, 1.82) is 0 Å². The predicted molar refractivity (Wildman–Crippen MR) is 126 cm³/mol. The van der Waals surface area contributed by atoms with Gasteiger partial charge < -0.3 is 20.7 Å². The molecule has 8 heteroatoms. The lowest BCUT2D eigenvalue weighted by Crippen LogP contribution is -2.47. The molecule has 1 fully saturated rings. The van der Waals surface area contributed by atoms with Gasteiger partial charge in [0.05, 0.1) is 12.2 Å². The summed E-state index contributed by atoms with van der Waals surface area (Å²) in [5.41, 5.74) is 1.18. The second-order valence-electron chi connectivity index (χ2n) is 7.45. The maximum atomic E-state index is 6.45. The van der Waals surface area contributed by atoms with E-state index in [9.17, 15) is 0 Å². The standard InChI is InChI=1S/C21H28N6O.HI/c1-22-20(26-13-12-25-19-15-23-10-11-24-19)27-17-14-21(8-4-5-9-21)28-18-7-3-2-6-16(17)18;/h2-3,6-7,10-11,15,17H,4-5,8-9,12-14H2,1H3,(H,24,25)(H2,22,26,27);1H. The number of nitrogens with zero attached hydrogens (tertiary/aromatic N) is 3. The van der Waals surface area contributed by atoms with E-state index in [2.05, 4.69) is 55.2 Å². The summed E-state index contributed by atoms with van der Waals surface area (Å²) < 4.78 is 6.45. The monoisotopic (exact) mass is 508 g/mol. The highest BCUT2D eigenvalue weighted by Crippen LogP contribution is 2.46. The number of nitrogens with one attached hydrogen (secondary N) is 3. The lowest BCUT2D eigenvalue weighted by Gasteiger charge is -2.40. The van der Waals surface area contributed by atoms with Crippen LogP contribution in [0.3, 0.4) is 0 Å². The van der Waals surface area contributed by atoms with Gasteiger partial charge in [-0.1, -0.05) is 18.2 Å². The van der Waals surface area contributed by atoms with Gasteiger partial charge in [-0.15, -0.1) is 24.0 Å². The van der Waals surface area contributed by atoms with Crippen molar-refractivity contribution in [2.45, 2.75) is 43.7 Å². The van der Waals surface area contributed by atoms with Crippen molar-refractivity contribution in [2.24, 2.45) is 4.99 Å². The maximum Gasteiger partial charge on any atom is 0.191 e. The third-order valence-electron chi connectivity index (χ3n) is 5.53. The summed E-state index contributed by atoms with van der Waals surface area (Å²) in [6, 6.07) is 8.56. The number of halogens is 1. The van der Waals surface area contributed by atoms with Crippen LogP contribution >= 0.6 is 24.0 Å². The molecule has 0 saturated heterocycles. The van der Waals surface area contributed by atoms with Crippen LogP contribution in [0, 0.1) is 0 Å². The molecule has 0 radical (unpaired) electrons. The van der Waals surface area contributed by atoms with E-state index in [0.717, 1.165) is 49.9 Å². The van der Waals surface area contributed by atoms with Crippen LogP contribution in [0.5, 0.6) is 5.75 Å². The molecule has 3 N–H and O–H groups in total. The van der Waals surface area contributed by atoms with Crippen molar-refractivity contribution in [1.82, 2.24) is 20.6 Å². The number of aliphatic imine (C=N–C) groups is 1. The Morgan fingerprint density at radius 2 is 2.03 bits per heavy atom. The summed E-state index contributed by atoms with van der Waals surface area (Å²) in [6.07, 6.45) is 10.8. The molecule has 1 atom stereocenters. The van der Waals surface area contributed by atoms with Gasteiger partial charge in [0.2, 0.25) is 0 Å². The number of hydrogen-bond acceptors (Lipinski definition) is 5. The molecule has 0 amide bonds. The van der Waals surface area contributed by atoms with Gasteiger partial charge >= 0.3 is 0 Å². The second kappa shape index (κ2) is 10.1. The zero-order chi connectivity index (χ0) is 19.2. The molecule has 1 aliphatic heterocycles. The molecule has 1 aliphatic carbocycles. The number of benzene rings is 1. The smallest absolute Gasteiger partial charge is 0.191 e. The highest BCUT2D eigenvalue weighted by Gasteiger charge is 2.43. The van der Waals surface area contributed by atoms with E-state index in [-0.39, 0.29) is 35.6 Å². The fourth-order valence-electron chi connectivity index (χ4n) is 4.19. The Kier molecular flexibility index (Phi) is 7.51. The van der Waals surface area contributed by atoms with E-state index < -0.39 is 0 Å². The predicted octanol–water partition coefficient (Wildman–Crippen LogP) is 3.51. The van der Waals surface area contributed by atoms with Gasteiger partial charge in [-0.25, -0.2) is 4.98 Å². The summed E-state index contributed by atoms with van der Waals surface area (Å²) in [7, 11) is 1.81. The Bertz CT molecular complexity index is 810. The minimum Gasteiger partial charge on any atom is -0.487 e. The first kappa shape index (κ1) is 21.6. The van der Waals surface area contributed by atoms with Crippen LogP contribution in [0.25, 0.3) is 0 Å². The first-order valence-corrected chi connectivity index (χ1v) is 10.0. The van der Waals surface area contributed by atoms with Crippen LogP contribution in [-0.4, -0.2) is 41.7 Å². The topological polar surface area (TPSA) is 83.5 Å². The Morgan fingerprint density at radius 3 is 2.79 bits per heavy atom. The number of guanidine groups is 1. The average molecular weight is 508 g/mol. The van der Waals surface area contributed by atoms with Crippen LogP contribution in [0.15, 0.2) is 47.8 Å². The summed E-state index contributed by atoms with van der Waals surface area (Å²) in [6.45, 7) is 1.46. The van der Waals surface area contributed by atoms with Gasteiger partial charge in [0.15, 0.2) is 5.96 Å². The molecule has 2 aromatic rings. The Labute approximate surface area is 189 Å². The molecule has 2 heterocycles. The Hall–Kier alpha value is -2.10. The minimum atomic E-state index is -0.0294. The third-order valence-corrected chi connectivity index (χ3v) is 5.53. The van der Waals surface area contributed by atoms with Crippen molar-refractivity contribution in [3.05, 3.63) is 48.4 Å². The van der Waals surface area contributed by atoms with Crippen molar-refractivity contribution < 1.29 is 4.74 Å². The van der Waals surface area contributed by atoms with E-state index >= 15 is 0 Å². The van der Waals surface area contributed by atoms with Gasteiger partial charge in [-0.3, -0.25) is 9.98 Å². The summed E-state index contributed by atoms with van der Waals surface area (Å²) in [4.78, 5) is 12.7. The van der Waals surface area contributed by atoms with E-state index in [1.54, 1.807) is 18.6 Å². The average Bonchev–Trinajstić information content (AvgIpc) is 3.18. The normalized spacial score (nSPS) is 19.6. The third kappa shape index (κ3) is 5.29. The van der Waals surface area contributed by atoms with E-state index in [1.807, 2.05) is 7.05 Å². The molecule has 0 bridgehead atoms. The van der Waals surface area contributed by atoms with E-state index in [0.29, 0.717) is 0 Å². The quantitative estimate of drug-likeness (QED) is 0.248. The van der Waals surface area contributed by atoms with Crippen LogP contribution < -0.4 is 20.7 Å². The molecule has 2 aliphatic rings. The molecular formula is C21H29IN6O. The zero-order valence-corrected chi connectivity index (χ0v) is 19.1. The molecule has 156 valence electrons. The number of aromatic nitrogens is 2. The fraction of sp³-hybridized carbons (Fsp3) is 0.476. The number of ether oxygens (including phenoxy) is 1. The van der Waals surface area contributed by atoms with Crippen molar-refractivity contribution in [2.75, 3.05) is 25.5 Å². The minimum absolute atomic E-state index is 0. The van der Waals surface area contributed by atoms with Gasteiger partial charge in [0.1, 0.15) is 17.2 Å². The number of hydrogen-bond donors (Lipinski definition) is 3. The molecule has 1 aromatic carbocycles. The van der Waals surface area contributed by atoms with Crippen LogP contribution in [0.4, 0.5) is 5.82 Å². The zero-order valence-electron chi connectivity index (χ0n) is 16.7. The first-order valence-electron chi connectivity index (χ1n) is 10.0. The number of fused-ring (bicyclic) bond motifs is 1. The largest absolute Gasteiger partial charge is 0.487 e. The molecule has 29 heavy (non-hydrogen) atoms. The summed E-state index contributed by atoms with van der Waals surface area (Å²) in [5.74, 6) is 2.58. The van der Waals surface area contributed by atoms with Crippen molar-refractivity contribution in [3.8, 4) is 5.75 Å². The lowest BCUT2D eigenvalue weighted by molar-refractivity contribution is 0.0396. The van der Waals surface area contributed by atoms with Gasteiger partial charge in [0, 0.05) is 44.5 Å². The number of rotatable bonds is 5. The fourth-order valence-corrected chi connectivity index (χ4v) is 4.19. The van der Waals surface area contributed by atoms with E-state index in [4.69, 9.17) is 4.74 Å². The maximum absolute atomic E-state index is 6.45. The van der Waals surface area contributed by atoms with Crippen LogP contribution in [0.2, 0.25) is 0 Å². The first-order chi connectivity index (χ1) is 13.8.